The third-order valence-corrected chi connectivity index (χ3v) is 3.03. The number of aliphatic carboxylic acids is 1. The molecule has 0 bridgehead atoms. The Morgan fingerprint density at radius 2 is 1.86 bits per heavy atom. The highest BCUT2D eigenvalue weighted by molar-refractivity contribution is 5.89. The fourth-order valence-corrected chi connectivity index (χ4v) is 1.89. The summed E-state index contributed by atoms with van der Waals surface area (Å²) in [6, 6.07) is 7.23. The standard InChI is InChI=1S/C16H23NO4/c1-4-17(10-9-15(18)19)11-13-5-7-14(8-6-13)16(20)21-12(2)3/h5-8,12H,4,9-11H2,1-3H3,(H,18,19). The van der Waals surface area contributed by atoms with Crippen LogP contribution in [-0.2, 0) is 16.1 Å². The van der Waals surface area contributed by atoms with E-state index in [9.17, 15) is 9.59 Å². The van der Waals surface area contributed by atoms with Crippen LogP contribution in [0, 0.1) is 0 Å². The van der Waals surface area contributed by atoms with Gasteiger partial charge in [0.15, 0.2) is 0 Å². The van der Waals surface area contributed by atoms with Crippen LogP contribution in [0.1, 0.15) is 43.1 Å². The normalized spacial score (nSPS) is 10.9. The van der Waals surface area contributed by atoms with Gasteiger partial charge in [-0.15, -0.1) is 0 Å². The van der Waals surface area contributed by atoms with E-state index in [0.29, 0.717) is 18.7 Å². The molecular weight excluding hydrogens is 270 g/mol. The van der Waals surface area contributed by atoms with E-state index >= 15 is 0 Å². The molecule has 0 aromatic heterocycles. The van der Waals surface area contributed by atoms with Crippen molar-refractivity contribution < 1.29 is 19.4 Å². The second kappa shape index (κ2) is 8.42. The summed E-state index contributed by atoms with van der Waals surface area (Å²) in [5.74, 6) is -1.12. The Bertz CT molecular complexity index is 468. The van der Waals surface area contributed by atoms with Gasteiger partial charge in [0, 0.05) is 13.1 Å². The predicted octanol–water partition coefficient (Wildman–Crippen LogP) is 2.55. The number of ether oxygens (including phenoxy) is 1. The van der Waals surface area contributed by atoms with Crippen LogP contribution >= 0.6 is 0 Å². The Kier molecular flexibility index (Phi) is 6.88. The molecule has 116 valence electrons. The van der Waals surface area contributed by atoms with E-state index in [0.717, 1.165) is 12.1 Å². The fraction of sp³-hybridized carbons (Fsp3) is 0.500. The number of rotatable bonds is 8. The van der Waals surface area contributed by atoms with Crippen molar-refractivity contribution in [2.75, 3.05) is 13.1 Å². The molecule has 0 radical (unpaired) electrons. The first-order valence-electron chi connectivity index (χ1n) is 7.16. The number of carboxylic acids is 1. The molecule has 0 aliphatic heterocycles. The maximum absolute atomic E-state index is 11.7. The number of carbonyl (C=O) groups excluding carboxylic acids is 1. The zero-order chi connectivity index (χ0) is 15.8. The highest BCUT2D eigenvalue weighted by Crippen LogP contribution is 2.10. The quantitative estimate of drug-likeness (QED) is 0.746. The molecule has 1 aromatic rings. The van der Waals surface area contributed by atoms with Gasteiger partial charge >= 0.3 is 11.9 Å². The van der Waals surface area contributed by atoms with E-state index < -0.39 is 5.97 Å². The number of benzene rings is 1. The molecule has 0 saturated carbocycles. The van der Waals surface area contributed by atoms with Gasteiger partial charge in [-0.3, -0.25) is 9.69 Å². The van der Waals surface area contributed by atoms with Gasteiger partial charge < -0.3 is 9.84 Å². The van der Waals surface area contributed by atoms with Crippen molar-refractivity contribution in [1.82, 2.24) is 4.90 Å². The van der Waals surface area contributed by atoms with E-state index in [-0.39, 0.29) is 18.5 Å². The second-order valence-electron chi connectivity index (χ2n) is 5.16. The van der Waals surface area contributed by atoms with Crippen LogP contribution in [0.2, 0.25) is 0 Å². The maximum Gasteiger partial charge on any atom is 0.338 e. The van der Waals surface area contributed by atoms with Crippen molar-refractivity contribution in [3.05, 3.63) is 35.4 Å². The SMILES string of the molecule is CCN(CCC(=O)O)Cc1ccc(C(=O)OC(C)C)cc1. The molecule has 0 aliphatic carbocycles. The Labute approximate surface area is 125 Å². The number of carboxylic acid groups (broad SMARTS) is 1. The van der Waals surface area contributed by atoms with Gasteiger partial charge in [-0.05, 0) is 38.1 Å². The van der Waals surface area contributed by atoms with Crippen LogP contribution in [-0.4, -0.2) is 41.1 Å². The number of hydrogen-bond acceptors (Lipinski definition) is 4. The monoisotopic (exact) mass is 293 g/mol. The van der Waals surface area contributed by atoms with Crippen LogP contribution < -0.4 is 0 Å². The Morgan fingerprint density at radius 3 is 2.33 bits per heavy atom. The van der Waals surface area contributed by atoms with Gasteiger partial charge in [0.1, 0.15) is 0 Å². The minimum Gasteiger partial charge on any atom is -0.481 e. The molecule has 0 saturated heterocycles. The molecule has 0 spiro atoms. The summed E-state index contributed by atoms with van der Waals surface area (Å²) >= 11 is 0. The van der Waals surface area contributed by atoms with Gasteiger partial charge in [0.05, 0.1) is 18.1 Å². The lowest BCUT2D eigenvalue weighted by molar-refractivity contribution is -0.137. The molecule has 1 aromatic carbocycles. The Hall–Kier alpha value is -1.88. The maximum atomic E-state index is 11.7. The number of esters is 1. The second-order valence-corrected chi connectivity index (χ2v) is 5.16. The molecule has 5 nitrogen and oxygen atoms in total. The van der Waals surface area contributed by atoms with E-state index in [4.69, 9.17) is 9.84 Å². The zero-order valence-corrected chi connectivity index (χ0v) is 12.8. The number of hydrogen-bond donors (Lipinski definition) is 1. The molecule has 0 unspecified atom stereocenters. The molecule has 21 heavy (non-hydrogen) atoms. The van der Waals surface area contributed by atoms with E-state index in [1.807, 2.05) is 32.9 Å². The zero-order valence-electron chi connectivity index (χ0n) is 12.8. The summed E-state index contributed by atoms with van der Waals surface area (Å²) in [6.45, 7) is 7.59. The van der Waals surface area contributed by atoms with Gasteiger partial charge in [-0.25, -0.2) is 4.79 Å². The predicted molar refractivity (Wildman–Crippen MR) is 80.2 cm³/mol. The smallest absolute Gasteiger partial charge is 0.338 e. The average molecular weight is 293 g/mol. The summed E-state index contributed by atoms with van der Waals surface area (Å²) in [5, 5.41) is 8.72. The summed E-state index contributed by atoms with van der Waals surface area (Å²) in [7, 11) is 0. The van der Waals surface area contributed by atoms with Crippen molar-refractivity contribution in [3.8, 4) is 0 Å². The van der Waals surface area contributed by atoms with Crippen molar-refractivity contribution in [1.29, 1.82) is 0 Å². The van der Waals surface area contributed by atoms with Crippen molar-refractivity contribution in [3.63, 3.8) is 0 Å². The lowest BCUT2D eigenvalue weighted by Gasteiger charge is -2.19. The van der Waals surface area contributed by atoms with Gasteiger partial charge in [-0.2, -0.15) is 0 Å². The van der Waals surface area contributed by atoms with Crippen LogP contribution in [0.4, 0.5) is 0 Å². The average Bonchev–Trinajstić information content (AvgIpc) is 2.43. The van der Waals surface area contributed by atoms with Crippen molar-refractivity contribution >= 4 is 11.9 Å². The third-order valence-electron chi connectivity index (χ3n) is 3.03. The third kappa shape index (κ3) is 6.40. The largest absolute Gasteiger partial charge is 0.481 e. The molecule has 0 heterocycles. The molecule has 0 atom stereocenters. The first-order valence-corrected chi connectivity index (χ1v) is 7.16. The summed E-state index contributed by atoms with van der Waals surface area (Å²) < 4.78 is 5.13. The minimum absolute atomic E-state index is 0.132. The molecule has 5 heteroatoms. The Morgan fingerprint density at radius 1 is 1.24 bits per heavy atom. The van der Waals surface area contributed by atoms with E-state index in [2.05, 4.69) is 4.90 Å². The van der Waals surface area contributed by atoms with Gasteiger partial charge in [-0.1, -0.05) is 19.1 Å². The number of carbonyl (C=O) groups is 2. The van der Waals surface area contributed by atoms with Crippen LogP contribution in [0.5, 0.6) is 0 Å². The highest BCUT2D eigenvalue weighted by Gasteiger charge is 2.10. The van der Waals surface area contributed by atoms with E-state index in [1.165, 1.54) is 0 Å². The van der Waals surface area contributed by atoms with Crippen LogP contribution in [0.15, 0.2) is 24.3 Å². The van der Waals surface area contributed by atoms with Gasteiger partial charge in [0.25, 0.3) is 0 Å². The van der Waals surface area contributed by atoms with Crippen LogP contribution in [0.25, 0.3) is 0 Å². The van der Waals surface area contributed by atoms with E-state index in [1.54, 1.807) is 12.1 Å². The van der Waals surface area contributed by atoms with Gasteiger partial charge in [0.2, 0.25) is 0 Å². The first kappa shape index (κ1) is 17.2. The minimum atomic E-state index is -0.791. The summed E-state index contributed by atoms with van der Waals surface area (Å²) in [4.78, 5) is 24.4. The molecule has 0 aliphatic rings. The summed E-state index contributed by atoms with van der Waals surface area (Å²) in [6.07, 6.45) is -0.00381. The topological polar surface area (TPSA) is 66.8 Å². The molecular formula is C16H23NO4. The molecule has 0 fully saturated rings. The number of nitrogens with zero attached hydrogens (tertiary/aromatic N) is 1. The molecule has 0 amide bonds. The van der Waals surface area contributed by atoms with Crippen molar-refractivity contribution in [2.24, 2.45) is 0 Å². The Balaban J connectivity index is 2.60. The van der Waals surface area contributed by atoms with Crippen LogP contribution in [0.3, 0.4) is 0 Å². The lowest BCUT2D eigenvalue weighted by atomic mass is 10.1. The molecule has 1 rings (SSSR count). The van der Waals surface area contributed by atoms with Crippen molar-refractivity contribution in [2.45, 2.75) is 39.8 Å². The highest BCUT2D eigenvalue weighted by atomic mass is 16.5. The summed E-state index contributed by atoms with van der Waals surface area (Å²) in [5.41, 5.74) is 1.57. The first-order chi connectivity index (χ1) is 9.92. The fourth-order valence-electron chi connectivity index (χ4n) is 1.89. The lowest BCUT2D eigenvalue weighted by Crippen LogP contribution is -2.25. The molecule has 1 N–H and O–H groups in total.